The number of carboxylic acids is 1. The number of anilines is 1. The third-order valence-corrected chi connectivity index (χ3v) is 4.31. The number of hydrogen-bond acceptors (Lipinski definition) is 6. The van der Waals surface area contributed by atoms with Crippen molar-refractivity contribution in [1.82, 2.24) is 5.32 Å². The zero-order valence-electron chi connectivity index (χ0n) is 16.1. The molecule has 0 saturated heterocycles. The Labute approximate surface area is 167 Å². The Morgan fingerprint density at radius 1 is 1.31 bits per heavy atom. The average Bonchev–Trinajstić information content (AvgIpc) is 2.64. The number of fused-ring (bicyclic) bond motifs is 1. The van der Waals surface area contributed by atoms with Crippen LogP contribution in [0.3, 0.4) is 0 Å². The Hall–Kier alpha value is -3.43. The topological polar surface area (TPSA) is 156 Å². The minimum Gasteiger partial charge on any atom is -0.480 e. The lowest BCUT2D eigenvalue weighted by atomic mass is 10.0. The summed E-state index contributed by atoms with van der Waals surface area (Å²) in [7, 11) is 0. The highest BCUT2D eigenvalue weighted by molar-refractivity contribution is 6.06. The van der Waals surface area contributed by atoms with Gasteiger partial charge < -0.3 is 20.9 Å². The average molecular weight is 405 g/mol. The fourth-order valence-electron chi connectivity index (χ4n) is 2.90. The third kappa shape index (κ3) is 5.31. The number of aliphatic carboxylic acids is 1. The summed E-state index contributed by atoms with van der Waals surface area (Å²) < 4.78 is 5.53. The van der Waals surface area contributed by atoms with E-state index in [1.165, 1.54) is 13.0 Å². The molecule has 0 saturated carbocycles. The summed E-state index contributed by atoms with van der Waals surface area (Å²) in [6, 6.07) is 3.11. The van der Waals surface area contributed by atoms with Crippen molar-refractivity contribution in [3.05, 3.63) is 23.8 Å². The van der Waals surface area contributed by atoms with E-state index >= 15 is 0 Å². The van der Waals surface area contributed by atoms with Crippen LogP contribution in [0.2, 0.25) is 0 Å². The van der Waals surface area contributed by atoms with Crippen LogP contribution in [0, 0.1) is 0 Å². The Bertz CT molecular complexity index is 852. The van der Waals surface area contributed by atoms with Crippen molar-refractivity contribution in [2.24, 2.45) is 5.73 Å². The number of rotatable bonds is 9. The van der Waals surface area contributed by atoms with Crippen LogP contribution >= 0.6 is 0 Å². The number of carbonyl (C=O) groups is 5. The van der Waals surface area contributed by atoms with Gasteiger partial charge in [0.2, 0.25) is 11.8 Å². The maximum atomic E-state index is 12.6. The van der Waals surface area contributed by atoms with Crippen LogP contribution in [0.25, 0.3) is 0 Å². The first kappa shape index (κ1) is 21.9. The minimum absolute atomic E-state index is 0.113. The van der Waals surface area contributed by atoms with E-state index in [1.54, 1.807) is 12.1 Å². The number of carbonyl (C=O) groups excluding carboxylic acids is 4. The number of nitrogens with two attached hydrogens (primary N) is 1. The molecule has 0 aromatic heterocycles. The van der Waals surface area contributed by atoms with Gasteiger partial charge in [-0.05, 0) is 31.5 Å². The van der Waals surface area contributed by atoms with E-state index in [0.717, 1.165) is 4.90 Å². The van der Waals surface area contributed by atoms with Gasteiger partial charge in [-0.25, -0.2) is 4.79 Å². The lowest BCUT2D eigenvalue weighted by Gasteiger charge is -2.33. The number of nitrogens with one attached hydrogen (secondary N) is 1. The van der Waals surface area contributed by atoms with E-state index in [4.69, 9.17) is 15.6 Å². The highest BCUT2D eigenvalue weighted by Crippen LogP contribution is 2.35. The fraction of sp³-hybridized carbons (Fsp3) is 0.421. The molecule has 1 aliphatic heterocycles. The van der Waals surface area contributed by atoms with Crippen LogP contribution in [0.15, 0.2) is 18.2 Å². The van der Waals surface area contributed by atoms with Crippen molar-refractivity contribution >= 4 is 35.2 Å². The molecular weight excluding hydrogens is 382 g/mol. The summed E-state index contributed by atoms with van der Waals surface area (Å²) in [5, 5.41) is 11.3. The largest absolute Gasteiger partial charge is 0.480 e. The van der Waals surface area contributed by atoms with Crippen molar-refractivity contribution < 1.29 is 33.8 Å². The van der Waals surface area contributed by atoms with Gasteiger partial charge in [0.15, 0.2) is 11.9 Å². The first-order valence-corrected chi connectivity index (χ1v) is 9.09. The lowest BCUT2D eigenvalue weighted by molar-refractivity contribution is -0.143. The van der Waals surface area contributed by atoms with Crippen LogP contribution in [0.4, 0.5) is 5.69 Å². The smallest absolute Gasteiger partial charge is 0.326 e. The zero-order valence-corrected chi connectivity index (χ0v) is 16.1. The van der Waals surface area contributed by atoms with Gasteiger partial charge in [0, 0.05) is 12.0 Å². The first-order chi connectivity index (χ1) is 13.6. The highest BCUT2D eigenvalue weighted by atomic mass is 16.5. The van der Waals surface area contributed by atoms with E-state index in [2.05, 4.69) is 5.32 Å². The van der Waals surface area contributed by atoms with Crippen molar-refractivity contribution in [3.8, 4) is 5.75 Å². The zero-order chi connectivity index (χ0) is 21.7. The van der Waals surface area contributed by atoms with Gasteiger partial charge >= 0.3 is 5.97 Å². The van der Waals surface area contributed by atoms with Gasteiger partial charge in [-0.15, -0.1) is 0 Å². The van der Waals surface area contributed by atoms with Crippen LogP contribution in [0.1, 0.15) is 43.5 Å². The van der Waals surface area contributed by atoms with Gasteiger partial charge in [-0.2, -0.15) is 0 Å². The molecule has 2 rings (SSSR count). The quantitative estimate of drug-likeness (QED) is 0.496. The van der Waals surface area contributed by atoms with Crippen LogP contribution in [-0.4, -0.2) is 53.3 Å². The Balaban J connectivity index is 2.27. The van der Waals surface area contributed by atoms with Gasteiger partial charge in [0.05, 0.1) is 12.1 Å². The number of ketones is 1. The summed E-state index contributed by atoms with van der Waals surface area (Å²) in [5.41, 5.74) is 5.61. The Kier molecular flexibility index (Phi) is 6.92. The summed E-state index contributed by atoms with van der Waals surface area (Å²) in [5.74, 6) is -3.42. The molecule has 1 aliphatic rings. The van der Waals surface area contributed by atoms with E-state index < -0.39 is 48.8 Å². The summed E-state index contributed by atoms with van der Waals surface area (Å²) in [6.45, 7) is 2.87. The molecule has 2 atom stereocenters. The molecule has 10 nitrogen and oxygen atoms in total. The number of ether oxygens (including phenoxy) is 1. The maximum absolute atomic E-state index is 12.6. The lowest BCUT2D eigenvalue weighted by Crippen LogP contribution is -2.51. The molecular formula is C19H23N3O7. The Morgan fingerprint density at radius 3 is 2.59 bits per heavy atom. The van der Waals surface area contributed by atoms with Gasteiger partial charge in [0.25, 0.3) is 5.91 Å². The van der Waals surface area contributed by atoms with Crippen molar-refractivity contribution in [3.63, 3.8) is 0 Å². The number of primary amides is 1. The van der Waals surface area contributed by atoms with Crippen LogP contribution in [0.5, 0.6) is 5.75 Å². The maximum Gasteiger partial charge on any atom is 0.326 e. The number of amides is 3. The second kappa shape index (κ2) is 9.18. The second-order valence-electron chi connectivity index (χ2n) is 6.67. The molecule has 156 valence electrons. The monoisotopic (exact) mass is 405 g/mol. The molecule has 1 heterocycles. The molecule has 1 aromatic rings. The number of carboxylic acid groups (broad SMARTS) is 1. The highest BCUT2D eigenvalue weighted by Gasteiger charge is 2.34. The molecule has 1 aromatic carbocycles. The predicted molar refractivity (Wildman–Crippen MR) is 102 cm³/mol. The predicted octanol–water partition coefficient (Wildman–Crippen LogP) is 0.228. The second-order valence-corrected chi connectivity index (χ2v) is 6.67. The van der Waals surface area contributed by atoms with Crippen molar-refractivity contribution in [1.29, 1.82) is 0 Å². The molecule has 0 fully saturated rings. The van der Waals surface area contributed by atoms with E-state index in [1.807, 2.05) is 6.92 Å². The fourth-order valence-corrected chi connectivity index (χ4v) is 2.90. The summed E-state index contributed by atoms with van der Waals surface area (Å²) in [6.07, 6.45) is -0.461. The first-order valence-electron chi connectivity index (χ1n) is 9.09. The number of Topliss-reactive ketones (excluding diaryl/α,β-unsaturated/α-hetero) is 1. The van der Waals surface area contributed by atoms with Gasteiger partial charge in [0.1, 0.15) is 18.3 Å². The molecule has 4 N–H and O–H groups in total. The summed E-state index contributed by atoms with van der Waals surface area (Å²) >= 11 is 0. The van der Waals surface area contributed by atoms with Crippen LogP contribution < -0.4 is 20.7 Å². The number of benzene rings is 1. The number of nitrogens with zero attached hydrogens (tertiary/aromatic N) is 1. The van der Waals surface area contributed by atoms with E-state index in [9.17, 15) is 24.0 Å². The van der Waals surface area contributed by atoms with Crippen molar-refractivity contribution in [2.45, 2.75) is 45.3 Å². The molecule has 3 amide bonds. The molecule has 0 aliphatic carbocycles. The van der Waals surface area contributed by atoms with E-state index in [-0.39, 0.29) is 11.5 Å². The molecule has 0 spiro atoms. The van der Waals surface area contributed by atoms with Gasteiger partial charge in [-0.3, -0.25) is 24.1 Å². The molecule has 29 heavy (non-hydrogen) atoms. The summed E-state index contributed by atoms with van der Waals surface area (Å²) in [4.78, 5) is 60.5. The van der Waals surface area contributed by atoms with Gasteiger partial charge in [-0.1, -0.05) is 6.92 Å². The molecule has 0 bridgehead atoms. The number of hydrogen-bond donors (Lipinski definition) is 3. The standard InChI is InChI=1S/C19H23N3O7/c1-3-4-14(23)11-5-6-15-13(7-11)22(18(26)10(2)29-15)9-17(25)21-12(19(27)28)8-16(20)24/h5-7,10,12H,3-4,8-9H2,1-2H3,(H2,20,24)(H,21,25)(H,27,28). The molecule has 10 heteroatoms. The van der Waals surface area contributed by atoms with Crippen molar-refractivity contribution in [2.75, 3.05) is 11.4 Å². The SMILES string of the molecule is CCCC(=O)c1ccc2c(c1)N(CC(=O)NC(CC(N)=O)C(=O)O)C(=O)C(C)O2. The minimum atomic E-state index is -1.51. The molecule has 2 unspecified atom stereocenters. The van der Waals surface area contributed by atoms with E-state index in [0.29, 0.717) is 24.2 Å². The molecule has 0 radical (unpaired) electrons. The third-order valence-electron chi connectivity index (χ3n) is 4.31. The van der Waals surface area contributed by atoms with Crippen LogP contribution in [-0.2, 0) is 19.2 Å². The normalized spacial score (nSPS) is 16.4. The Morgan fingerprint density at radius 2 is 2.00 bits per heavy atom.